The predicted octanol–water partition coefficient (Wildman–Crippen LogP) is 7.21. The van der Waals surface area contributed by atoms with E-state index in [0.29, 0.717) is 28.0 Å². The molecule has 3 heterocycles. The summed E-state index contributed by atoms with van der Waals surface area (Å²) < 4.78 is 7.68. The van der Waals surface area contributed by atoms with Crippen molar-refractivity contribution < 1.29 is 9.53 Å². The fourth-order valence-electron chi connectivity index (χ4n) is 5.45. The number of hydrogen-bond donors (Lipinski definition) is 2. The number of benzene rings is 3. The van der Waals surface area contributed by atoms with E-state index in [1.54, 1.807) is 16.8 Å². The minimum atomic E-state index is -0.229. The van der Waals surface area contributed by atoms with Crippen molar-refractivity contribution in [3.63, 3.8) is 0 Å². The number of hydrazine groups is 2. The second kappa shape index (κ2) is 15.5. The summed E-state index contributed by atoms with van der Waals surface area (Å²) in [6.45, 7) is 6.27. The molecule has 6 rings (SSSR count). The van der Waals surface area contributed by atoms with Crippen LogP contribution in [0.5, 0.6) is 5.75 Å². The Balaban J connectivity index is 0.000000484. The number of aromatic nitrogens is 2. The van der Waals surface area contributed by atoms with Gasteiger partial charge in [-0.25, -0.2) is 14.7 Å². The lowest BCUT2D eigenvalue weighted by Crippen LogP contribution is -2.45. The molecule has 0 bridgehead atoms. The summed E-state index contributed by atoms with van der Waals surface area (Å²) >= 11 is 12.7. The zero-order valence-corrected chi connectivity index (χ0v) is 26.7. The monoisotopic (exact) mass is 634 g/mol. The number of carbonyl (C=O) groups is 1. The van der Waals surface area contributed by atoms with E-state index in [1.165, 1.54) is 25.7 Å². The van der Waals surface area contributed by atoms with Crippen LogP contribution in [0.1, 0.15) is 60.1 Å². The Labute approximate surface area is 269 Å². The molecule has 3 N–H and O–H groups in total. The van der Waals surface area contributed by atoms with Crippen LogP contribution >= 0.6 is 23.2 Å². The summed E-state index contributed by atoms with van der Waals surface area (Å²) in [7, 11) is 0. The van der Waals surface area contributed by atoms with Gasteiger partial charge in [-0.05, 0) is 80.6 Å². The Morgan fingerprint density at radius 1 is 0.886 bits per heavy atom. The Kier molecular flexibility index (Phi) is 11.3. The first-order chi connectivity index (χ1) is 21.4. The summed E-state index contributed by atoms with van der Waals surface area (Å²) in [6, 6.07) is 23.1. The zero-order valence-electron chi connectivity index (χ0n) is 25.1. The normalized spacial score (nSPS) is 15.7. The molecule has 44 heavy (non-hydrogen) atoms. The second-order valence-corrected chi connectivity index (χ2v) is 12.1. The van der Waals surface area contributed by atoms with Crippen molar-refractivity contribution in [3.8, 4) is 22.7 Å². The van der Waals surface area contributed by atoms with Gasteiger partial charge in [-0.1, -0.05) is 66.4 Å². The average Bonchev–Trinajstić information content (AvgIpc) is 3.38. The molecular formula is C34H40Cl2N6O2. The number of nitrogens with two attached hydrogens (primary N) is 1. The van der Waals surface area contributed by atoms with Gasteiger partial charge in [-0.3, -0.25) is 16.1 Å². The number of carbonyl (C=O) groups excluding carboxylic acids is 1. The van der Waals surface area contributed by atoms with Crippen LogP contribution < -0.4 is 16.0 Å². The van der Waals surface area contributed by atoms with Crippen LogP contribution in [0.25, 0.3) is 16.9 Å². The van der Waals surface area contributed by atoms with Crippen LogP contribution in [0.2, 0.25) is 10.0 Å². The number of amides is 1. The smallest absolute Gasteiger partial charge is 0.286 e. The molecule has 2 saturated heterocycles. The molecule has 8 nitrogen and oxygen atoms in total. The van der Waals surface area contributed by atoms with E-state index in [1.807, 2.05) is 77.6 Å². The first kappa shape index (κ1) is 32.0. The summed E-state index contributed by atoms with van der Waals surface area (Å²) in [5, 5.41) is 9.57. The molecule has 0 unspecified atom stereocenters. The van der Waals surface area contributed by atoms with Gasteiger partial charge >= 0.3 is 0 Å². The lowest BCUT2D eigenvalue weighted by atomic mass is 10.1. The van der Waals surface area contributed by atoms with Crippen molar-refractivity contribution in [1.29, 1.82) is 0 Å². The Hall–Kier alpha value is -3.40. The maximum absolute atomic E-state index is 13.3. The summed E-state index contributed by atoms with van der Waals surface area (Å²) in [4.78, 5) is 13.3. The summed E-state index contributed by atoms with van der Waals surface area (Å²) in [6.07, 6.45) is 7.26. The van der Waals surface area contributed by atoms with Gasteiger partial charge in [0, 0.05) is 42.3 Å². The largest absolute Gasteiger partial charge is 0.489 e. The minimum Gasteiger partial charge on any atom is -0.489 e. The zero-order chi connectivity index (χ0) is 30.9. The van der Waals surface area contributed by atoms with Gasteiger partial charge in [-0.15, -0.1) is 0 Å². The van der Waals surface area contributed by atoms with E-state index in [9.17, 15) is 4.79 Å². The number of ether oxygens (including phenoxy) is 1. The van der Waals surface area contributed by atoms with Gasteiger partial charge in [-0.2, -0.15) is 5.10 Å². The quantitative estimate of drug-likeness (QED) is 0.209. The highest BCUT2D eigenvalue weighted by Gasteiger charge is 2.25. The molecule has 2 aliphatic rings. The SMILES string of the molecule is Cc1c(C(=O)NN2CCCCC2)nn(-c2ccc(Cl)cc2Cl)c1-c1ccc(OCc2ccccc2)cc1.NN1CCCCC1. The van der Waals surface area contributed by atoms with Gasteiger partial charge < -0.3 is 4.74 Å². The van der Waals surface area contributed by atoms with Crippen molar-refractivity contribution in [2.24, 2.45) is 5.84 Å². The third kappa shape index (κ3) is 8.40. The third-order valence-corrected chi connectivity index (χ3v) is 8.40. The van der Waals surface area contributed by atoms with Crippen LogP contribution in [0.3, 0.4) is 0 Å². The topological polar surface area (TPSA) is 88.6 Å². The van der Waals surface area contributed by atoms with E-state index in [4.69, 9.17) is 38.9 Å². The van der Waals surface area contributed by atoms with Crippen molar-refractivity contribution in [1.82, 2.24) is 25.2 Å². The lowest BCUT2D eigenvalue weighted by Gasteiger charge is -2.26. The maximum atomic E-state index is 13.3. The fourth-order valence-corrected chi connectivity index (χ4v) is 5.94. The van der Waals surface area contributed by atoms with E-state index >= 15 is 0 Å². The minimum absolute atomic E-state index is 0.229. The molecule has 3 aromatic carbocycles. The van der Waals surface area contributed by atoms with Gasteiger partial charge in [0.2, 0.25) is 0 Å². The number of rotatable bonds is 7. The summed E-state index contributed by atoms with van der Waals surface area (Å²) in [5.74, 6) is 5.99. The van der Waals surface area contributed by atoms with Crippen LogP contribution in [0.4, 0.5) is 0 Å². The van der Waals surface area contributed by atoms with Crippen LogP contribution in [-0.4, -0.2) is 51.9 Å². The average molecular weight is 636 g/mol. The molecule has 2 fully saturated rings. The standard InChI is InChI=1S/C29H28Cl2N4O2.C5H12N2/c1-20-27(29(36)33-34-16-6-3-7-17-34)32-35(26-15-12-23(30)18-25(26)31)28(20)22-10-13-24(14-11-22)37-19-21-8-4-2-5-9-21;6-7-4-2-1-3-5-7/h2,4-5,8-15,18H,3,6-7,16-17,19H2,1H3,(H,33,36);1-6H2. The van der Waals surface area contributed by atoms with Crippen molar-refractivity contribution in [2.45, 2.75) is 52.1 Å². The van der Waals surface area contributed by atoms with E-state index < -0.39 is 0 Å². The van der Waals surface area contributed by atoms with E-state index in [2.05, 4.69) is 5.43 Å². The molecule has 4 aromatic rings. The third-order valence-electron chi connectivity index (χ3n) is 7.86. The molecule has 10 heteroatoms. The Morgan fingerprint density at radius 3 is 2.16 bits per heavy atom. The van der Waals surface area contributed by atoms with Crippen molar-refractivity contribution in [2.75, 3.05) is 26.2 Å². The van der Waals surface area contributed by atoms with Crippen molar-refractivity contribution in [3.05, 3.63) is 99.7 Å². The second-order valence-electron chi connectivity index (χ2n) is 11.2. The predicted molar refractivity (Wildman–Crippen MR) is 177 cm³/mol. The molecule has 2 aliphatic heterocycles. The highest BCUT2D eigenvalue weighted by Crippen LogP contribution is 2.33. The van der Waals surface area contributed by atoms with E-state index in [-0.39, 0.29) is 5.91 Å². The molecular weight excluding hydrogens is 595 g/mol. The Bertz CT molecular complexity index is 1520. The van der Waals surface area contributed by atoms with Gasteiger partial charge in [0.05, 0.1) is 16.4 Å². The van der Waals surface area contributed by atoms with Crippen LogP contribution in [0, 0.1) is 6.92 Å². The molecule has 1 amide bonds. The highest BCUT2D eigenvalue weighted by atomic mass is 35.5. The number of halogens is 2. The van der Waals surface area contributed by atoms with Crippen LogP contribution in [-0.2, 0) is 6.61 Å². The summed E-state index contributed by atoms with van der Waals surface area (Å²) in [5.41, 5.74) is 7.56. The number of nitrogens with zero attached hydrogens (tertiary/aromatic N) is 4. The van der Waals surface area contributed by atoms with Crippen LogP contribution in [0.15, 0.2) is 72.8 Å². The van der Waals surface area contributed by atoms with E-state index in [0.717, 1.165) is 67.2 Å². The fraction of sp³-hybridized carbons (Fsp3) is 0.353. The molecule has 1 aromatic heterocycles. The molecule has 0 radical (unpaired) electrons. The first-order valence-corrected chi connectivity index (χ1v) is 16.0. The maximum Gasteiger partial charge on any atom is 0.286 e. The Morgan fingerprint density at radius 2 is 1.55 bits per heavy atom. The van der Waals surface area contributed by atoms with Crippen molar-refractivity contribution >= 4 is 29.1 Å². The number of piperidine rings is 2. The molecule has 0 aliphatic carbocycles. The molecule has 232 valence electrons. The lowest BCUT2D eigenvalue weighted by molar-refractivity contribution is 0.0743. The number of hydrogen-bond acceptors (Lipinski definition) is 6. The number of nitrogens with one attached hydrogen (secondary N) is 1. The van der Waals surface area contributed by atoms with Gasteiger partial charge in [0.15, 0.2) is 5.69 Å². The molecule has 0 saturated carbocycles. The highest BCUT2D eigenvalue weighted by molar-refractivity contribution is 6.35. The molecule has 0 atom stereocenters. The van der Waals surface area contributed by atoms with Gasteiger partial charge in [0.1, 0.15) is 12.4 Å². The molecule has 0 spiro atoms. The van der Waals surface area contributed by atoms with Gasteiger partial charge in [0.25, 0.3) is 5.91 Å². The first-order valence-electron chi connectivity index (χ1n) is 15.3.